The Balaban J connectivity index is 2.08. The van der Waals surface area contributed by atoms with Crippen LogP contribution in [0.5, 0.6) is 5.75 Å². The maximum atomic E-state index is 9.61. The summed E-state index contributed by atoms with van der Waals surface area (Å²) in [6.45, 7) is 1.87. The van der Waals surface area contributed by atoms with Gasteiger partial charge in [-0.1, -0.05) is 12.1 Å². The number of aromatic hydroxyl groups is 1. The molecule has 0 aliphatic heterocycles. The van der Waals surface area contributed by atoms with E-state index in [1.54, 1.807) is 12.1 Å². The predicted molar refractivity (Wildman–Crippen MR) is 55.2 cm³/mol. The van der Waals surface area contributed by atoms with Crippen molar-refractivity contribution in [3.63, 3.8) is 0 Å². The molecule has 0 radical (unpaired) electrons. The molecule has 1 aliphatic rings. The first-order valence-electron chi connectivity index (χ1n) is 5.08. The fraction of sp³-hybridized carbons (Fsp3) is 0.500. The molecule has 0 spiro atoms. The van der Waals surface area contributed by atoms with E-state index in [2.05, 4.69) is 0 Å². The Morgan fingerprint density at radius 2 is 1.86 bits per heavy atom. The van der Waals surface area contributed by atoms with Crippen LogP contribution in [0.3, 0.4) is 0 Å². The third-order valence-electron chi connectivity index (χ3n) is 3.27. The lowest BCUT2D eigenvalue weighted by Crippen LogP contribution is -2.20. The van der Waals surface area contributed by atoms with E-state index in [1.807, 2.05) is 19.1 Å². The van der Waals surface area contributed by atoms with Crippen LogP contribution in [0.4, 0.5) is 0 Å². The van der Waals surface area contributed by atoms with Gasteiger partial charge >= 0.3 is 0 Å². The fourth-order valence-electron chi connectivity index (χ4n) is 1.92. The van der Waals surface area contributed by atoms with Gasteiger partial charge in [0, 0.05) is 5.41 Å². The molecular weight excluding hydrogens is 176 g/mol. The normalized spacial score (nSPS) is 20.4. The highest BCUT2D eigenvalue weighted by Gasteiger charge is 2.46. The third kappa shape index (κ3) is 1.75. The Kier molecular flexibility index (Phi) is 2.23. The predicted octanol–water partition coefficient (Wildman–Crippen LogP) is 2.10. The third-order valence-corrected chi connectivity index (χ3v) is 3.27. The molecule has 0 saturated heterocycles. The topological polar surface area (TPSA) is 40.5 Å². The molecule has 1 saturated carbocycles. The number of phenolic OH excluding ortho intramolecular Hbond substituents is 1. The molecular formula is C12H16O2. The number of hydrogen-bond donors (Lipinski definition) is 2. The van der Waals surface area contributed by atoms with Crippen LogP contribution in [-0.4, -0.2) is 16.3 Å². The zero-order valence-electron chi connectivity index (χ0n) is 8.40. The molecule has 1 aliphatic carbocycles. The van der Waals surface area contributed by atoms with Crippen molar-refractivity contribution in [1.29, 1.82) is 0 Å². The summed E-state index contributed by atoms with van der Waals surface area (Å²) in [5, 5.41) is 18.7. The van der Waals surface area contributed by atoms with Gasteiger partial charge in [0.05, 0.1) is 6.10 Å². The number of phenols is 1. The minimum atomic E-state index is -0.226. The van der Waals surface area contributed by atoms with Crippen molar-refractivity contribution in [2.75, 3.05) is 0 Å². The summed E-state index contributed by atoms with van der Waals surface area (Å²) in [6, 6.07) is 7.26. The summed E-state index contributed by atoms with van der Waals surface area (Å²) in [4.78, 5) is 0. The van der Waals surface area contributed by atoms with Crippen LogP contribution >= 0.6 is 0 Å². The minimum absolute atomic E-state index is 0.122. The number of benzene rings is 1. The lowest BCUT2D eigenvalue weighted by molar-refractivity contribution is 0.110. The number of aliphatic hydroxyl groups excluding tert-OH is 1. The highest BCUT2D eigenvalue weighted by molar-refractivity contribution is 5.27. The Labute approximate surface area is 84.2 Å². The van der Waals surface area contributed by atoms with Gasteiger partial charge < -0.3 is 10.2 Å². The molecule has 1 aromatic rings. The second-order valence-electron chi connectivity index (χ2n) is 4.38. The summed E-state index contributed by atoms with van der Waals surface area (Å²) in [7, 11) is 0. The molecule has 0 bridgehead atoms. The van der Waals surface area contributed by atoms with Crippen molar-refractivity contribution >= 4 is 0 Å². The van der Waals surface area contributed by atoms with E-state index in [1.165, 1.54) is 5.56 Å². The quantitative estimate of drug-likeness (QED) is 0.770. The summed E-state index contributed by atoms with van der Waals surface area (Å²) in [5.41, 5.74) is 1.32. The monoisotopic (exact) mass is 192 g/mol. The summed E-state index contributed by atoms with van der Waals surface area (Å²) in [6.07, 6.45) is 2.93. The van der Waals surface area contributed by atoms with E-state index in [4.69, 9.17) is 5.11 Å². The average molecular weight is 192 g/mol. The zero-order chi connectivity index (χ0) is 10.2. The van der Waals surface area contributed by atoms with Crippen LogP contribution in [0, 0.1) is 5.41 Å². The van der Waals surface area contributed by atoms with Crippen molar-refractivity contribution < 1.29 is 10.2 Å². The van der Waals surface area contributed by atoms with Crippen molar-refractivity contribution in [3.05, 3.63) is 29.8 Å². The Morgan fingerprint density at radius 1 is 1.29 bits per heavy atom. The van der Waals surface area contributed by atoms with Gasteiger partial charge in [-0.05, 0) is 43.9 Å². The second-order valence-corrected chi connectivity index (χ2v) is 4.38. The van der Waals surface area contributed by atoms with Crippen molar-refractivity contribution in [1.82, 2.24) is 0 Å². The van der Waals surface area contributed by atoms with Gasteiger partial charge in [0.2, 0.25) is 0 Å². The lowest BCUT2D eigenvalue weighted by Gasteiger charge is -2.18. The molecule has 2 heteroatoms. The maximum absolute atomic E-state index is 9.61. The summed E-state index contributed by atoms with van der Waals surface area (Å²) in [5.74, 6) is 0.302. The van der Waals surface area contributed by atoms with Crippen LogP contribution in [0.25, 0.3) is 0 Å². The van der Waals surface area contributed by atoms with E-state index in [-0.39, 0.29) is 11.5 Å². The molecule has 2 nitrogen and oxygen atoms in total. The number of aliphatic hydroxyl groups is 1. The fourth-order valence-corrected chi connectivity index (χ4v) is 1.92. The van der Waals surface area contributed by atoms with E-state index >= 15 is 0 Å². The molecule has 2 rings (SSSR count). The zero-order valence-corrected chi connectivity index (χ0v) is 8.40. The number of hydrogen-bond acceptors (Lipinski definition) is 2. The minimum Gasteiger partial charge on any atom is -0.508 e. The van der Waals surface area contributed by atoms with Gasteiger partial charge in [-0.3, -0.25) is 0 Å². The summed E-state index contributed by atoms with van der Waals surface area (Å²) < 4.78 is 0. The van der Waals surface area contributed by atoms with Crippen LogP contribution in [0.1, 0.15) is 25.3 Å². The Morgan fingerprint density at radius 3 is 2.29 bits per heavy atom. The van der Waals surface area contributed by atoms with Crippen molar-refractivity contribution in [2.45, 2.75) is 32.3 Å². The maximum Gasteiger partial charge on any atom is 0.115 e. The average Bonchev–Trinajstić information content (AvgIpc) is 2.90. The Bertz CT molecular complexity index is 310. The van der Waals surface area contributed by atoms with Crippen LogP contribution in [0.2, 0.25) is 0 Å². The lowest BCUT2D eigenvalue weighted by atomic mass is 9.92. The largest absolute Gasteiger partial charge is 0.508 e. The molecule has 1 atom stereocenters. The SMILES string of the molecule is CC(O)C1(Cc2ccc(O)cc2)CC1. The molecule has 1 aromatic carbocycles. The van der Waals surface area contributed by atoms with Gasteiger partial charge in [-0.2, -0.15) is 0 Å². The molecule has 14 heavy (non-hydrogen) atoms. The second kappa shape index (κ2) is 3.28. The molecule has 0 aromatic heterocycles. The molecule has 1 fully saturated rings. The summed E-state index contributed by atoms with van der Waals surface area (Å²) >= 11 is 0. The van der Waals surface area contributed by atoms with Gasteiger partial charge in [-0.25, -0.2) is 0 Å². The van der Waals surface area contributed by atoms with Gasteiger partial charge in [0.1, 0.15) is 5.75 Å². The van der Waals surface area contributed by atoms with Crippen LogP contribution in [0.15, 0.2) is 24.3 Å². The number of rotatable bonds is 3. The van der Waals surface area contributed by atoms with Gasteiger partial charge in [0.25, 0.3) is 0 Å². The van der Waals surface area contributed by atoms with E-state index < -0.39 is 0 Å². The van der Waals surface area contributed by atoms with Crippen LogP contribution in [-0.2, 0) is 6.42 Å². The molecule has 1 unspecified atom stereocenters. The standard InChI is InChI=1S/C12H16O2/c1-9(13)12(6-7-12)8-10-2-4-11(14)5-3-10/h2-5,9,13-14H,6-8H2,1H3. The van der Waals surface area contributed by atoms with E-state index in [0.717, 1.165) is 19.3 Å². The first-order valence-corrected chi connectivity index (χ1v) is 5.08. The van der Waals surface area contributed by atoms with E-state index in [9.17, 15) is 5.11 Å². The van der Waals surface area contributed by atoms with Crippen LogP contribution < -0.4 is 0 Å². The highest BCUT2D eigenvalue weighted by atomic mass is 16.3. The van der Waals surface area contributed by atoms with Gasteiger partial charge in [0.15, 0.2) is 0 Å². The molecule has 2 N–H and O–H groups in total. The highest BCUT2D eigenvalue weighted by Crippen LogP contribution is 2.51. The Hall–Kier alpha value is -1.02. The molecule has 0 amide bonds. The first kappa shape index (κ1) is 9.53. The molecule has 0 heterocycles. The van der Waals surface area contributed by atoms with Crippen molar-refractivity contribution in [2.24, 2.45) is 5.41 Å². The van der Waals surface area contributed by atoms with Crippen molar-refractivity contribution in [3.8, 4) is 5.75 Å². The van der Waals surface area contributed by atoms with E-state index in [0.29, 0.717) is 5.75 Å². The van der Waals surface area contributed by atoms with Gasteiger partial charge in [-0.15, -0.1) is 0 Å². The first-order chi connectivity index (χ1) is 6.62. The molecule has 76 valence electrons. The smallest absolute Gasteiger partial charge is 0.115 e.